The lowest BCUT2D eigenvalue weighted by molar-refractivity contribution is -0.202. The molecule has 8 atom stereocenters. The fraction of sp³-hybridized carbons (Fsp3) is 0.933. The summed E-state index contributed by atoms with van der Waals surface area (Å²) in [5, 5.41) is 10.9. The molecule has 0 aromatic carbocycles. The van der Waals surface area contributed by atoms with E-state index in [1.807, 2.05) is 5.57 Å². The van der Waals surface area contributed by atoms with Crippen molar-refractivity contribution in [3.8, 4) is 0 Å². The molecule has 0 spiro atoms. The van der Waals surface area contributed by atoms with Crippen LogP contribution in [-0.4, -0.2) is 11.2 Å². The monoisotopic (exact) mass is 426 g/mol. The van der Waals surface area contributed by atoms with Crippen molar-refractivity contribution >= 4 is 0 Å². The van der Waals surface area contributed by atoms with Crippen molar-refractivity contribution in [3.63, 3.8) is 0 Å². The van der Waals surface area contributed by atoms with Crippen molar-refractivity contribution in [2.24, 2.45) is 50.2 Å². The third-order valence-electron chi connectivity index (χ3n) is 13.0. The zero-order valence-corrected chi connectivity index (χ0v) is 21.9. The molecule has 1 nitrogen and oxygen atoms in total. The summed E-state index contributed by atoms with van der Waals surface area (Å²) in [6.45, 7) is 20.4. The van der Waals surface area contributed by atoms with Gasteiger partial charge in [-0.3, -0.25) is 0 Å². The molecule has 4 saturated carbocycles. The summed E-state index contributed by atoms with van der Waals surface area (Å²) in [6, 6.07) is 0. The van der Waals surface area contributed by atoms with Gasteiger partial charge >= 0.3 is 0 Å². The summed E-state index contributed by atoms with van der Waals surface area (Å²) in [7, 11) is 0. The average molecular weight is 427 g/mol. The topological polar surface area (TPSA) is 20.2 Å². The predicted molar refractivity (Wildman–Crippen MR) is 131 cm³/mol. The summed E-state index contributed by atoms with van der Waals surface area (Å²) in [4.78, 5) is 0. The van der Waals surface area contributed by atoms with Crippen molar-refractivity contribution in [2.75, 3.05) is 0 Å². The van der Waals surface area contributed by atoms with Gasteiger partial charge in [0.15, 0.2) is 0 Å². The van der Waals surface area contributed by atoms with E-state index in [2.05, 4.69) is 61.5 Å². The number of hydrogen-bond donors (Lipinski definition) is 1. The highest BCUT2D eigenvalue weighted by atomic mass is 16.3. The number of rotatable bonds is 0. The molecule has 5 aliphatic rings. The molecule has 176 valence electrons. The van der Waals surface area contributed by atoms with Crippen LogP contribution < -0.4 is 0 Å². The van der Waals surface area contributed by atoms with Crippen LogP contribution in [0, 0.1) is 50.2 Å². The Morgan fingerprint density at radius 3 is 2.16 bits per heavy atom. The number of allylic oxidation sites excluding steroid dienone is 2. The van der Waals surface area contributed by atoms with Gasteiger partial charge in [-0.1, -0.05) is 67.0 Å². The summed E-state index contributed by atoms with van der Waals surface area (Å²) in [5.74, 6) is 2.21. The fourth-order valence-corrected chi connectivity index (χ4v) is 10.5. The Morgan fingerprint density at radius 2 is 1.45 bits per heavy atom. The van der Waals surface area contributed by atoms with E-state index in [0.29, 0.717) is 33.0 Å². The lowest BCUT2D eigenvalue weighted by Crippen LogP contribution is -2.64. The highest BCUT2D eigenvalue weighted by molar-refractivity contribution is 5.33. The van der Waals surface area contributed by atoms with E-state index < -0.39 is 0 Å². The molecule has 4 fully saturated rings. The number of aliphatic hydroxyl groups is 1. The molecule has 0 heterocycles. The molecule has 1 heteroatoms. The third-order valence-corrected chi connectivity index (χ3v) is 13.0. The normalized spacial score (nSPS) is 55.2. The highest BCUT2D eigenvalue weighted by Crippen LogP contribution is 2.75. The molecule has 0 saturated heterocycles. The van der Waals surface area contributed by atoms with Crippen LogP contribution in [0.4, 0.5) is 0 Å². The van der Waals surface area contributed by atoms with Gasteiger partial charge in [0, 0.05) is 0 Å². The van der Waals surface area contributed by atoms with E-state index in [1.54, 1.807) is 0 Å². The molecular formula is C30H50O. The van der Waals surface area contributed by atoms with Gasteiger partial charge in [-0.05, 0) is 114 Å². The smallest absolute Gasteiger partial charge is 0.0594 e. The maximum absolute atomic E-state index is 10.9. The van der Waals surface area contributed by atoms with E-state index in [9.17, 15) is 5.11 Å². The molecule has 0 aliphatic heterocycles. The van der Waals surface area contributed by atoms with Crippen LogP contribution in [0.15, 0.2) is 11.6 Å². The highest BCUT2D eigenvalue weighted by Gasteiger charge is 2.67. The van der Waals surface area contributed by atoms with Crippen LogP contribution >= 0.6 is 0 Å². The lowest BCUT2D eigenvalue weighted by atomic mass is 9.33. The standard InChI is InChI=1S/C30H50O/c1-25(2)15-16-27(5)17-18-29(7)20(21(27)19-25)9-10-23-28(6)13-12-24(31)26(3,4)22(28)11-14-30(23,29)8/h9,21-24,31H,10-19H2,1-8H3/t21-,22+,23-,24-,27+,28+,29-,30-/m1/s1. The summed E-state index contributed by atoms with van der Waals surface area (Å²) >= 11 is 0. The number of aliphatic hydroxyl groups excluding tert-OH is 1. The van der Waals surface area contributed by atoms with Crippen LogP contribution in [0.3, 0.4) is 0 Å². The average Bonchev–Trinajstić information content (AvgIpc) is 2.67. The molecule has 0 aromatic heterocycles. The quantitative estimate of drug-likeness (QED) is 0.387. The molecule has 5 aliphatic carbocycles. The second-order valence-electron chi connectivity index (χ2n) is 15.2. The Kier molecular flexibility index (Phi) is 4.66. The van der Waals surface area contributed by atoms with Crippen LogP contribution in [0.2, 0.25) is 0 Å². The first-order chi connectivity index (χ1) is 14.2. The first-order valence-electron chi connectivity index (χ1n) is 13.6. The van der Waals surface area contributed by atoms with Gasteiger partial charge in [0.25, 0.3) is 0 Å². The lowest BCUT2D eigenvalue weighted by Gasteiger charge is -2.71. The van der Waals surface area contributed by atoms with E-state index in [0.717, 1.165) is 18.3 Å². The van der Waals surface area contributed by atoms with Gasteiger partial charge in [-0.2, -0.15) is 0 Å². The number of hydrogen-bond acceptors (Lipinski definition) is 1. The van der Waals surface area contributed by atoms with E-state index in [-0.39, 0.29) is 11.5 Å². The zero-order chi connectivity index (χ0) is 22.7. The van der Waals surface area contributed by atoms with Gasteiger partial charge < -0.3 is 5.11 Å². The molecule has 0 bridgehead atoms. The van der Waals surface area contributed by atoms with Crippen LogP contribution in [0.1, 0.15) is 120 Å². The van der Waals surface area contributed by atoms with Crippen LogP contribution in [-0.2, 0) is 0 Å². The van der Waals surface area contributed by atoms with Crippen molar-refractivity contribution in [2.45, 2.75) is 126 Å². The Morgan fingerprint density at radius 1 is 0.774 bits per heavy atom. The SMILES string of the molecule is CC1(C)CC[C@@]2(C)CC[C@]3(C)C(=CC[C@@H]4[C@@]5(C)CC[C@@H](O)C(C)(C)[C@@H]5CC[C@]43C)[C@H]2C1. The molecule has 0 aromatic rings. The molecular weight excluding hydrogens is 376 g/mol. The summed E-state index contributed by atoms with van der Waals surface area (Å²) in [5.41, 5.74) is 4.09. The van der Waals surface area contributed by atoms with Crippen molar-refractivity contribution in [3.05, 3.63) is 11.6 Å². The van der Waals surface area contributed by atoms with Crippen molar-refractivity contribution < 1.29 is 5.11 Å². The second-order valence-corrected chi connectivity index (χ2v) is 15.2. The second kappa shape index (κ2) is 6.43. The Labute approximate surface area is 192 Å². The third kappa shape index (κ3) is 2.77. The minimum absolute atomic E-state index is 0.0533. The first-order valence-corrected chi connectivity index (χ1v) is 13.6. The minimum Gasteiger partial charge on any atom is -0.393 e. The maximum atomic E-state index is 10.9. The zero-order valence-electron chi connectivity index (χ0n) is 21.9. The maximum Gasteiger partial charge on any atom is 0.0594 e. The Balaban J connectivity index is 1.57. The van der Waals surface area contributed by atoms with Gasteiger partial charge in [0.05, 0.1) is 6.10 Å². The summed E-state index contributed by atoms with van der Waals surface area (Å²) < 4.78 is 0. The molecule has 0 amide bonds. The molecule has 1 N–H and O–H groups in total. The molecule has 31 heavy (non-hydrogen) atoms. The molecule has 0 unspecified atom stereocenters. The van der Waals surface area contributed by atoms with Gasteiger partial charge in [0.1, 0.15) is 0 Å². The predicted octanol–water partition coefficient (Wildman–Crippen LogP) is 8.17. The van der Waals surface area contributed by atoms with Gasteiger partial charge in [-0.25, -0.2) is 0 Å². The Hall–Kier alpha value is -0.300. The van der Waals surface area contributed by atoms with Crippen LogP contribution in [0.25, 0.3) is 0 Å². The van der Waals surface area contributed by atoms with E-state index in [1.165, 1.54) is 57.8 Å². The number of fused-ring (bicyclic) bond motifs is 7. The van der Waals surface area contributed by atoms with Gasteiger partial charge in [-0.15, -0.1) is 0 Å². The van der Waals surface area contributed by atoms with E-state index in [4.69, 9.17) is 0 Å². The Bertz CT molecular complexity index is 790. The summed E-state index contributed by atoms with van der Waals surface area (Å²) in [6.07, 6.45) is 15.9. The molecule has 0 radical (unpaired) electrons. The van der Waals surface area contributed by atoms with Crippen molar-refractivity contribution in [1.82, 2.24) is 0 Å². The van der Waals surface area contributed by atoms with E-state index >= 15 is 0 Å². The largest absolute Gasteiger partial charge is 0.393 e. The van der Waals surface area contributed by atoms with Gasteiger partial charge in [0.2, 0.25) is 0 Å². The minimum atomic E-state index is -0.125. The van der Waals surface area contributed by atoms with Crippen molar-refractivity contribution in [1.29, 1.82) is 0 Å². The molecule has 5 rings (SSSR count). The van der Waals surface area contributed by atoms with Crippen LogP contribution in [0.5, 0.6) is 0 Å². The first kappa shape index (κ1) is 22.5. The fourth-order valence-electron chi connectivity index (χ4n) is 10.5.